The molecule has 0 amide bonds. The first-order chi connectivity index (χ1) is 9.42. The van der Waals surface area contributed by atoms with E-state index in [0.29, 0.717) is 5.82 Å². The minimum atomic E-state index is 0.673. The molecule has 0 saturated carbocycles. The molecule has 0 saturated heterocycles. The Morgan fingerprint density at radius 1 is 0.737 bits per heavy atom. The van der Waals surface area contributed by atoms with Gasteiger partial charge in [0.25, 0.3) is 0 Å². The summed E-state index contributed by atoms with van der Waals surface area (Å²) in [5, 5.41) is 3.34. The Kier molecular flexibility index (Phi) is 3.14. The van der Waals surface area contributed by atoms with Crippen molar-refractivity contribution in [2.24, 2.45) is 0 Å². The van der Waals surface area contributed by atoms with Gasteiger partial charge in [-0.1, -0.05) is 30.3 Å². The molecule has 0 unspecified atom stereocenters. The highest BCUT2D eigenvalue weighted by Crippen LogP contribution is 2.21. The van der Waals surface area contributed by atoms with E-state index in [0.717, 1.165) is 16.9 Å². The molecule has 0 aliphatic heterocycles. The van der Waals surface area contributed by atoms with Gasteiger partial charge in [-0.15, -0.1) is 0 Å². The number of nitrogens with one attached hydrogen (secondary N) is 1. The van der Waals surface area contributed by atoms with Gasteiger partial charge in [0.2, 0.25) is 0 Å². The normalized spacial score (nSPS) is 10.1. The quantitative estimate of drug-likeness (QED) is 0.772. The van der Waals surface area contributed by atoms with Crippen molar-refractivity contribution in [3.63, 3.8) is 0 Å². The Morgan fingerprint density at radius 3 is 2.26 bits per heavy atom. The van der Waals surface area contributed by atoms with Crippen molar-refractivity contribution in [1.29, 1.82) is 0 Å². The van der Waals surface area contributed by atoms with Crippen molar-refractivity contribution in [2.75, 3.05) is 5.32 Å². The summed E-state index contributed by atoms with van der Waals surface area (Å²) in [4.78, 5) is 12.1. The van der Waals surface area contributed by atoms with Gasteiger partial charge < -0.3 is 5.32 Å². The molecule has 0 aliphatic carbocycles. The Balaban J connectivity index is 1.89. The second-order valence-corrected chi connectivity index (χ2v) is 4.03. The Morgan fingerprint density at radius 2 is 1.47 bits per heavy atom. The number of rotatable bonds is 3. The van der Waals surface area contributed by atoms with Crippen LogP contribution in [0.25, 0.3) is 11.4 Å². The smallest absolute Gasteiger partial charge is 0.162 e. The SMILES string of the molecule is c1ccc(Nc2cccc(-c3ncncn3)c2)cc1. The van der Waals surface area contributed by atoms with Gasteiger partial charge in [0.1, 0.15) is 12.7 Å². The van der Waals surface area contributed by atoms with E-state index in [-0.39, 0.29) is 0 Å². The number of aromatic nitrogens is 3. The topological polar surface area (TPSA) is 50.7 Å². The molecule has 0 bridgehead atoms. The first-order valence-electron chi connectivity index (χ1n) is 5.96. The van der Waals surface area contributed by atoms with Crippen LogP contribution in [0.15, 0.2) is 67.3 Å². The summed E-state index contributed by atoms with van der Waals surface area (Å²) >= 11 is 0. The van der Waals surface area contributed by atoms with E-state index in [1.54, 1.807) is 0 Å². The van der Waals surface area contributed by atoms with Crippen LogP contribution in [0.5, 0.6) is 0 Å². The predicted octanol–water partition coefficient (Wildman–Crippen LogP) is 3.28. The van der Waals surface area contributed by atoms with Crippen molar-refractivity contribution in [3.8, 4) is 11.4 Å². The maximum atomic E-state index is 4.15. The highest BCUT2D eigenvalue weighted by molar-refractivity contribution is 5.66. The number of hydrogen-bond donors (Lipinski definition) is 1. The average molecular weight is 248 g/mol. The standard InChI is InChI=1S/C15H12N4/c1-2-6-13(7-3-1)19-14-8-4-5-12(9-14)15-17-10-16-11-18-15/h1-11,19H. The molecule has 0 atom stereocenters. The molecule has 3 rings (SSSR count). The van der Waals surface area contributed by atoms with E-state index in [9.17, 15) is 0 Å². The lowest BCUT2D eigenvalue weighted by molar-refractivity contribution is 1.06. The number of anilines is 2. The van der Waals surface area contributed by atoms with Gasteiger partial charge >= 0.3 is 0 Å². The zero-order chi connectivity index (χ0) is 12.9. The first kappa shape index (κ1) is 11.3. The van der Waals surface area contributed by atoms with Crippen LogP contribution in [0.1, 0.15) is 0 Å². The second kappa shape index (κ2) is 5.27. The van der Waals surface area contributed by atoms with Crippen LogP contribution in [0.4, 0.5) is 11.4 Å². The van der Waals surface area contributed by atoms with Crippen molar-refractivity contribution in [2.45, 2.75) is 0 Å². The number of para-hydroxylation sites is 1. The molecule has 1 N–H and O–H groups in total. The largest absolute Gasteiger partial charge is 0.356 e. The fourth-order valence-electron chi connectivity index (χ4n) is 1.81. The third-order valence-electron chi connectivity index (χ3n) is 2.68. The summed E-state index contributed by atoms with van der Waals surface area (Å²) in [5.74, 6) is 0.673. The van der Waals surface area contributed by atoms with Gasteiger partial charge in [-0.3, -0.25) is 0 Å². The van der Waals surface area contributed by atoms with E-state index in [4.69, 9.17) is 0 Å². The lowest BCUT2D eigenvalue weighted by Gasteiger charge is -2.07. The van der Waals surface area contributed by atoms with Crippen LogP contribution in [-0.4, -0.2) is 15.0 Å². The third kappa shape index (κ3) is 2.74. The summed E-state index contributed by atoms with van der Waals surface area (Å²) in [6.07, 6.45) is 3.00. The van der Waals surface area contributed by atoms with Gasteiger partial charge in [-0.25, -0.2) is 15.0 Å². The minimum absolute atomic E-state index is 0.673. The molecule has 92 valence electrons. The summed E-state index contributed by atoms with van der Waals surface area (Å²) in [6, 6.07) is 18.0. The van der Waals surface area contributed by atoms with Gasteiger partial charge in [-0.2, -0.15) is 0 Å². The summed E-state index contributed by atoms with van der Waals surface area (Å²) in [5.41, 5.74) is 3.02. The van der Waals surface area contributed by atoms with Crippen molar-refractivity contribution in [3.05, 3.63) is 67.3 Å². The lowest BCUT2D eigenvalue weighted by Crippen LogP contribution is -1.92. The molecule has 0 spiro atoms. The Labute approximate surface area is 111 Å². The Bertz CT molecular complexity index is 653. The average Bonchev–Trinajstić information content (AvgIpc) is 2.49. The van der Waals surface area contributed by atoms with Gasteiger partial charge in [0.15, 0.2) is 5.82 Å². The summed E-state index contributed by atoms with van der Waals surface area (Å²) in [7, 11) is 0. The highest BCUT2D eigenvalue weighted by Gasteiger charge is 2.01. The van der Waals surface area contributed by atoms with Gasteiger partial charge in [-0.05, 0) is 24.3 Å². The number of nitrogens with zero attached hydrogens (tertiary/aromatic N) is 3. The fraction of sp³-hybridized carbons (Fsp3) is 0. The molecule has 0 fully saturated rings. The summed E-state index contributed by atoms with van der Waals surface area (Å²) < 4.78 is 0. The molecule has 19 heavy (non-hydrogen) atoms. The van der Waals surface area contributed by atoms with Crippen molar-refractivity contribution >= 4 is 11.4 Å². The maximum Gasteiger partial charge on any atom is 0.162 e. The third-order valence-corrected chi connectivity index (χ3v) is 2.68. The van der Waals surface area contributed by atoms with Crippen LogP contribution in [-0.2, 0) is 0 Å². The molecule has 2 aromatic carbocycles. The molecule has 3 aromatic rings. The zero-order valence-electron chi connectivity index (χ0n) is 10.2. The van der Waals surface area contributed by atoms with E-state index >= 15 is 0 Å². The molecule has 4 nitrogen and oxygen atoms in total. The molecule has 0 aliphatic rings. The van der Waals surface area contributed by atoms with Crippen LogP contribution in [0, 0.1) is 0 Å². The summed E-state index contributed by atoms with van der Waals surface area (Å²) in [6.45, 7) is 0. The minimum Gasteiger partial charge on any atom is -0.356 e. The fourth-order valence-corrected chi connectivity index (χ4v) is 1.81. The van der Waals surface area contributed by atoms with Gasteiger partial charge in [0.05, 0.1) is 0 Å². The Hall–Kier alpha value is -2.75. The van der Waals surface area contributed by atoms with Crippen LogP contribution in [0.3, 0.4) is 0 Å². The molecular formula is C15H12N4. The molecule has 1 heterocycles. The molecular weight excluding hydrogens is 236 g/mol. The van der Waals surface area contributed by atoms with E-state index < -0.39 is 0 Å². The van der Waals surface area contributed by atoms with E-state index in [1.165, 1.54) is 12.7 Å². The molecule has 1 aromatic heterocycles. The highest BCUT2D eigenvalue weighted by atomic mass is 15.0. The second-order valence-electron chi connectivity index (χ2n) is 4.03. The van der Waals surface area contributed by atoms with Crippen LogP contribution >= 0.6 is 0 Å². The lowest BCUT2D eigenvalue weighted by atomic mass is 10.2. The monoisotopic (exact) mass is 248 g/mol. The zero-order valence-corrected chi connectivity index (χ0v) is 10.2. The van der Waals surface area contributed by atoms with Crippen LogP contribution in [0.2, 0.25) is 0 Å². The van der Waals surface area contributed by atoms with Crippen LogP contribution < -0.4 is 5.32 Å². The predicted molar refractivity (Wildman–Crippen MR) is 75.0 cm³/mol. The van der Waals surface area contributed by atoms with Gasteiger partial charge in [0, 0.05) is 16.9 Å². The van der Waals surface area contributed by atoms with Crippen molar-refractivity contribution in [1.82, 2.24) is 15.0 Å². The first-order valence-corrected chi connectivity index (χ1v) is 5.96. The van der Waals surface area contributed by atoms with E-state index in [1.807, 2.05) is 54.6 Å². The van der Waals surface area contributed by atoms with Crippen molar-refractivity contribution < 1.29 is 0 Å². The number of hydrogen-bond acceptors (Lipinski definition) is 4. The molecule has 0 radical (unpaired) electrons. The maximum absolute atomic E-state index is 4.15. The van der Waals surface area contributed by atoms with E-state index in [2.05, 4.69) is 20.3 Å². The molecule has 4 heteroatoms. The number of benzene rings is 2.